The molecular formula is C6H8F7NO5S2. The predicted octanol–water partition coefficient (Wildman–Crippen LogP) is 0.974. The molecule has 0 saturated carbocycles. The standard InChI is InChI=1S/C6H8F7NO5S2/c7-4(8,5(9,10)11)6(12,13)21(18,19)14-2-1-3-20(15,16)17/h14H,1-3H2,(H,15,16,17). The molecule has 0 amide bonds. The van der Waals surface area contributed by atoms with Gasteiger partial charge in [0.2, 0.25) is 0 Å². The maximum atomic E-state index is 12.8. The van der Waals surface area contributed by atoms with E-state index in [1.54, 1.807) is 0 Å². The van der Waals surface area contributed by atoms with Gasteiger partial charge in [-0.1, -0.05) is 0 Å². The fourth-order valence-corrected chi connectivity index (χ4v) is 2.44. The minimum atomic E-state index is -6.85. The molecule has 15 heteroatoms. The highest BCUT2D eigenvalue weighted by Crippen LogP contribution is 2.48. The zero-order chi connectivity index (χ0) is 17.3. The largest absolute Gasteiger partial charge is 0.461 e. The van der Waals surface area contributed by atoms with Crippen LogP contribution in [0.2, 0.25) is 0 Å². The Kier molecular flexibility index (Phi) is 5.66. The Balaban J connectivity index is 5.07. The Morgan fingerprint density at radius 3 is 1.67 bits per heavy atom. The van der Waals surface area contributed by atoms with Gasteiger partial charge in [-0.2, -0.15) is 39.2 Å². The van der Waals surface area contributed by atoms with Crippen molar-refractivity contribution in [2.24, 2.45) is 0 Å². The van der Waals surface area contributed by atoms with Crippen molar-refractivity contribution in [3.63, 3.8) is 0 Å². The Morgan fingerprint density at radius 1 is 0.905 bits per heavy atom. The van der Waals surface area contributed by atoms with E-state index >= 15 is 0 Å². The van der Waals surface area contributed by atoms with Crippen LogP contribution in [-0.4, -0.2) is 51.0 Å². The van der Waals surface area contributed by atoms with Crippen molar-refractivity contribution >= 4 is 20.1 Å². The van der Waals surface area contributed by atoms with Crippen molar-refractivity contribution in [3.8, 4) is 0 Å². The molecule has 0 saturated heterocycles. The van der Waals surface area contributed by atoms with Gasteiger partial charge in [-0.15, -0.1) is 0 Å². The predicted molar refractivity (Wildman–Crippen MR) is 53.9 cm³/mol. The quantitative estimate of drug-likeness (QED) is 0.395. The van der Waals surface area contributed by atoms with Gasteiger partial charge in [-0.3, -0.25) is 4.55 Å². The Bertz CT molecular complexity index is 567. The second-order valence-electron chi connectivity index (χ2n) is 3.63. The Morgan fingerprint density at radius 2 is 1.33 bits per heavy atom. The average Bonchev–Trinajstić information content (AvgIpc) is 2.21. The molecule has 0 fully saturated rings. The summed E-state index contributed by atoms with van der Waals surface area (Å²) in [5.41, 5.74) is 0. The van der Waals surface area contributed by atoms with Crippen LogP contribution in [0, 0.1) is 0 Å². The monoisotopic (exact) mass is 371 g/mol. The lowest BCUT2D eigenvalue weighted by molar-refractivity contribution is -0.332. The normalized spacial score (nSPS) is 15.2. The number of hydrogen-bond donors (Lipinski definition) is 2. The van der Waals surface area contributed by atoms with Crippen LogP contribution in [0.1, 0.15) is 6.42 Å². The van der Waals surface area contributed by atoms with Gasteiger partial charge >= 0.3 is 17.4 Å². The fraction of sp³-hybridized carbons (Fsp3) is 1.00. The van der Waals surface area contributed by atoms with Crippen LogP contribution in [-0.2, 0) is 20.1 Å². The van der Waals surface area contributed by atoms with Gasteiger partial charge in [0.1, 0.15) is 0 Å². The minimum Gasteiger partial charge on any atom is -0.286 e. The summed E-state index contributed by atoms with van der Waals surface area (Å²) in [6.45, 7) is -1.20. The summed E-state index contributed by atoms with van der Waals surface area (Å²) in [6.07, 6.45) is -7.65. The number of rotatable bonds is 7. The van der Waals surface area contributed by atoms with Crippen LogP contribution in [0.3, 0.4) is 0 Å². The van der Waals surface area contributed by atoms with Gasteiger partial charge in [-0.05, 0) is 6.42 Å². The number of hydrogen-bond acceptors (Lipinski definition) is 4. The summed E-state index contributed by atoms with van der Waals surface area (Å²) in [6, 6.07) is 0. The van der Waals surface area contributed by atoms with E-state index in [-0.39, 0.29) is 0 Å². The summed E-state index contributed by atoms with van der Waals surface area (Å²) in [5, 5.41) is -6.50. The van der Waals surface area contributed by atoms with E-state index in [4.69, 9.17) is 4.55 Å². The molecule has 0 spiro atoms. The van der Waals surface area contributed by atoms with Gasteiger partial charge < -0.3 is 0 Å². The fourth-order valence-electron chi connectivity index (χ4n) is 0.886. The molecule has 2 N–H and O–H groups in total. The van der Waals surface area contributed by atoms with E-state index in [0.29, 0.717) is 4.72 Å². The average molecular weight is 371 g/mol. The molecule has 6 nitrogen and oxygen atoms in total. The molecule has 0 aromatic rings. The second kappa shape index (κ2) is 5.85. The molecule has 21 heavy (non-hydrogen) atoms. The highest BCUT2D eigenvalue weighted by molar-refractivity contribution is 7.90. The molecule has 0 aliphatic heterocycles. The van der Waals surface area contributed by atoms with E-state index in [1.165, 1.54) is 0 Å². The zero-order valence-electron chi connectivity index (χ0n) is 9.66. The number of sulfonamides is 1. The van der Waals surface area contributed by atoms with Crippen LogP contribution < -0.4 is 4.72 Å². The summed E-state index contributed by atoms with van der Waals surface area (Å²) in [5.74, 6) is -7.97. The van der Waals surface area contributed by atoms with Crippen LogP contribution in [0.25, 0.3) is 0 Å². The van der Waals surface area contributed by atoms with Crippen LogP contribution in [0.15, 0.2) is 0 Å². The first-order chi connectivity index (χ1) is 8.96. The number of alkyl halides is 7. The molecular weight excluding hydrogens is 363 g/mol. The summed E-state index contributed by atoms with van der Waals surface area (Å²) < 4.78 is 137. The van der Waals surface area contributed by atoms with Crippen molar-refractivity contribution in [3.05, 3.63) is 0 Å². The third kappa shape index (κ3) is 4.65. The zero-order valence-corrected chi connectivity index (χ0v) is 11.3. The maximum Gasteiger partial charge on any atom is 0.461 e. The molecule has 0 aliphatic rings. The first-order valence-electron chi connectivity index (χ1n) is 4.72. The lowest BCUT2D eigenvalue weighted by Crippen LogP contribution is -2.59. The van der Waals surface area contributed by atoms with Gasteiger partial charge in [0.05, 0.1) is 5.75 Å². The van der Waals surface area contributed by atoms with Gasteiger partial charge in [0, 0.05) is 6.54 Å². The minimum absolute atomic E-state index is 0.717. The molecule has 0 aromatic carbocycles. The Labute approximate surface area is 114 Å². The number of halogens is 7. The Hall–Kier alpha value is -0.670. The van der Waals surface area contributed by atoms with E-state index in [9.17, 15) is 47.6 Å². The third-order valence-corrected chi connectivity index (χ3v) is 4.25. The SMILES string of the molecule is O=S(=O)(O)CCCNS(=O)(=O)C(F)(F)C(F)(F)C(F)(F)F. The van der Waals surface area contributed by atoms with Crippen molar-refractivity contribution in [2.45, 2.75) is 23.8 Å². The summed E-state index contributed by atoms with van der Waals surface area (Å²) >= 11 is 0. The van der Waals surface area contributed by atoms with Crippen molar-refractivity contribution in [1.29, 1.82) is 0 Å². The van der Waals surface area contributed by atoms with Crippen molar-refractivity contribution in [2.75, 3.05) is 12.3 Å². The van der Waals surface area contributed by atoms with Crippen LogP contribution in [0.4, 0.5) is 30.7 Å². The smallest absolute Gasteiger partial charge is 0.286 e. The van der Waals surface area contributed by atoms with E-state index in [1.807, 2.05) is 0 Å². The number of nitrogens with one attached hydrogen (secondary N) is 1. The lowest BCUT2D eigenvalue weighted by Gasteiger charge is -2.27. The molecule has 128 valence electrons. The second-order valence-corrected chi connectivity index (χ2v) is 7.01. The topological polar surface area (TPSA) is 101 Å². The van der Waals surface area contributed by atoms with Crippen molar-refractivity contribution < 1.29 is 52.1 Å². The van der Waals surface area contributed by atoms with Gasteiger partial charge in [0.15, 0.2) is 0 Å². The van der Waals surface area contributed by atoms with Crippen LogP contribution in [0.5, 0.6) is 0 Å². The first-order valence-corrected chi connectivity index (χ1v) is 7.81. The molecule has 0 unspecified atom stereocenters. The molecule has 0 radical (unpaired) electrons. The first kappa shape index (κ1) is 20.3. The van der Waals surface area contributed by atoms with E-state index in [2.05, 4.69) is 0 Å². The third-order valence-electron chi connectivity index (χ3n) is 1.93. The van der Waals surface area contributed by atoms with Crippen LogP contribution >= 0.6 is 0 Å². The maximum absolute atomic E-state index is 12.8. The highest BCUT2D eigenvalue weighted by Gasteiger charge is 2.78. The molecule has 0 aromatic heterocycles. The molecule has 0 heterocycles. The molecule has 0 atom stereocenters. The molecule has 0 rings (SSSR count). The molecule has 0 aliphatic carbocycles. The summed E-state index contributed by atoms with van der Waals surface area (Å²) in [4.78, 5) is 0. The lowest BCUT2D eigenvalue weighted by atomic mass is 10.3. The van der Waals surface area contributed by atoms with Gasteiger partial charge in [-0.25, -0.2) is 13.1 Å². The summed E-state index contributed by atoms with van der Waals surface area (Å²) in [7, 11) is -11.0. The van der Waals surface area contributed by atoms with E-state index in [0.717, 1.165) is 0 Å². The van der Waals surface area contributed by atoms with Crippen molar-refractivity contribution in [1.82, 2.24) is 4.72 Å². The van der Waals surface area contributed by atoms with E-state index < -0.39 is 56.2 Å². The highest BCUT2D eigenvalue weighted by atomic mass is 32.2. The molecule has 0 bridgehead atoms. The van der Waals surface area contributed by atoms with Gasteiger partial charge in [0.25, 0.3) is 20.1 Å².